The summed E-state index contributed by atoms with van der Waals surface area (Å²) in [7, 11) is 0. The zero-order valence-electron chi connectivity index (χ0n) is 24.0. The number of anilines is 1. The van der Waals surface area contributed by atoms with E-state index in [4.69, 9.17) is 0 Å². The first kappa shape index (κ1) is 31.0. The largest absolute Gasteiger partial charge is 0.417 e. The Morgan fingerprint density at radius 3 is 2.47 bits per heavy atom. The summed E-state index contributed by atoms with van der Waals surface area (Å²) in [5, 5.41) is 3.44. The van der Waals surface area contributed by atoms with Crippen LogP contribution in [0.1, 0.15) is 32.8 Å². The van der Waals surface area contributed by atoms with Crippen LogP contribution in [-0.2, 0) is 17.5 Å². The fraction of sp³-hybridized carbons (Fsp3) is 0.433. The van der Waals surface area contributed by atoms with Crippen LogP contribution >= 0.6 is 11.8 Å². The van der Waals surface area contributed by atoms with Crippen molar-refractivity contribution in [2.75, 3.05) is 30.3 Å². The van der Waals surface area contributed by atoms with Crippen molar-refractivity contribution in [3.05, 3.63) is 64.6 Å². The molecule has 0 aliphatic carbocycles. The van der Waals surface area contributed by atoms with Gasteiger partial charge in [-0.3, -0.25) is 9.36 Å². The number of piperazine rings is 1. The molecule has 1 fully saturated rings. The van der Waals surface area contributed by atoms with Crippen LogP contribution in [0.2, 0.25) is 0 Å². The molecule has 3 heterocycles. The highest BCUT2D eigenvalue weighted by molar-refractivity contribution is 7.99. The van der Waals surface area contributed by atoms with Gasteiger partial charge in [0.2, 0.25) is 5.91 Å². The minimum Gasteiger partial charge on any atom is -0.352 e. The Kier molecular flexibility index (Phi) is 8.59. The molecule has 0 bridgehead atoms. The summed E-state index contributed by atoms with van der Waals surface area (Å²) < 4.78 is 74.9. The predicted molar refractivity (Wildman–Crippen MR) is 157 cm³/mol. The van der Waals surface area contributed by atoms with Gasteiger partial charge in [-0.1, -0.05) is 13.5 Å². The SMILES string of the molecule is C=CC(=O)N1[C@H](C)CN(c2nc(=O)n3c4c(c(-c5ccc(F)cc5F)c(C(F)(F)F)cc24)SCC(NCCC)C3)C[C@@H]1C. The lowest BCUT2D eigenvalue weighted by atomic mass is 9.95. The smallest absolute Gasteiger partial charge is 0.352 e. The molecule has 0 radical (unpaired) electrons. The molecule has 0 spiro atoms. The Bertz CT molecular complexity index is 1630. The maximum absolute atomic E-state index is 15.2. The zero-order valence-corrected chi connectivity index (χ0v) is 24.8. The highest BCUT2D eigenvalue weighted by Crippen LogP contribution is 2.48. The number of amides is 1. The fourth-order valence-electron chi connectivity index (χ4n) is 6.09. The molecule has 3 aromatic rings. The van der Waals surface area contributed by atoms with Crippen LogP contribution in [0.5, 0.6) is 0 Å². The van der Waals surface area contributed by atoms with Crippen LogP contribution in [0.15, 0.2) is 46.6 Å². The van der Waals surface area contributed by atoms with E-state index >= 15 is 4.39 Å². The Balaban J connectivity index is 1.81. The number of aromatic nitrogens is 2. The molecule has 0 saturated carbocycles. The molecule has 2 aromatic carbocycles. The van der Waals surface area contributed by atoms with Gasteiger partial charge in [0.25, 0.3) is 0 Å². The Labute approximate surface area is 249 Å². The lowest BCUT2D eigenvalue weighted by Crippen LogP contribution is -2.58. The lowest BCUT2D eigenvalue weighted by Gasteiger charge is -2.44. The van der Waals surface area contributed by atoms with E-state index in [0.717, 1.165) is 36.4 Å². The molecule has 1 unspecified atom stereocenters. The van der Waals surface area contributed by atoms with Gasteiger partial charge in [-0.25, -0.2) is 13.6 Å². The average Bonchev–Trinajstić information content (AvgIpc) is 3.13. The summed E-state index contributed by atoms with van der Waals surface area (Å²) >= 11 is 1.10. The Morgan fingerprint density at radius 2 is 1.86 bits per heavy atom. The van der Waals surface area contributed by atoms with E-state index in [1.54, 1.807) is 9.80 Å². The van der Waals surface area contributed by atoms with Crippen molar-refractivity contribution in [3.63, 3.8) is 0 Å². The number of carbonyl (C=O) groups is 1. The second-order valence-corrected chi connectivity index (χ2v) is 12.0. The fourth-order valence-corrected chi connectivity index (χ4v) is 7.40. The van der Waals surface area contributed by atoms with Crippen molar-refractivity contribution in [2.24, 2.45) is 0 Å². The van der Waals surface area contributed by atoms with E-state index < -0.39 is 40.2 Å². The number of nitrogens with zero attached hydrogens (tertiary/aromatic N) is 4. The van der Waals surface area contributed by atoms with Crippen LogP contribution in [0.25, 0.3) is 22.0 Å². The van der Waals surface area contributed by atoms with Crippen molar-refractivity contribution < 1.29 is 26.7 Å². The Hall–Kier alpha value is -3.45. The van der Waals surface area contributed by atoms with E-state index in [1.165, 1.54) is 10.6 Å². The lowest BCUT2D eigenvalue weighted by molar-refractivity contribution is -0.137. The molecule has 7 nitrogen and oxygen atoms in total. The van der Waals surface area contributed by atoms with Gasteiger partial charge in [0.15, 0.2) is 0 Å². The molecule has 43 heavy (non-hydrogen) atoms. The molecular weight excluding hydrogens is 589 g/mol. The first-order chi connectivity index (χ1) is 20.3. The quantitative estimate of drug-likeness (QED) is 0.292. The van der Waals surface area contributed by atoms with Gasteiger partial charge in [-0.05, 0) is 51.1 Å². The third-order valence-electron chi connectivity index (χ3n) is 7.87. The number of alkyl halides is 3. The van der Waals surface area contributed by atoms with Gasteiger partial charge in [0, 0.05) is 71.0 Å². The van der Waals surface area contributed by atoms with Gasteiger partial charge in [-0.15, -0.1) is 11.8 Å². The van der Waals surface area contributed by atoms with E-state index in [0.29, 0.717) is 18.4 Å². The molecule has 1 amide bonds. The highest BCUT2D eigenvalue weighted by atomic mass is 32.2. The van der Waals surface area contributed by atoms with Crippen molar-refractivity contribution in [1.82, 2.24) is 19.8 Å². The third-order valence-corrected chi connectivity index (χ3v) is 9.12. The van der Waals surface area contributed by atoms with E-state index in [2.05, 4.69) is 16.9 Å². The summed E-state index contributed by atoms with van der Waals surface area (Å²) in [6.45, 7) is 10.4. The molecule has 2 aliphatic rings. The van der Waals surface area contributed by atoms with Crippen LogP contribution in [0.4, 0.5) is 27.8 Å². The van der Waals surface area contributed by atoms with Crippen molar-refractivity contribution in [3.8, 4) is 11.1 Å². The molecule has 1 N–H and O–H groups in total. The van der Waals surface area contributed by atoms with Gasteiger partial charge in [-0.2, -0.15) is 18.2 Å². The number of nitrogens with one attached hydrogen (secondary N) is 1. The van der Waals surface area contributed by atoms with Gasteiger partial charge in [0.1, 0.15) is 17.5 Å². The van der Waals surface area contributed by atoms with Crippen LogP contribution in [0.3, 0.4) is 0 Å². The second kappa shape index (κ2) is 11.9. The molecule has 13 heteroatoms. The van der Waals surface area contributed by atoms with Crippen molar-refractivity contribution in [1.29, 1.82) is 0 Å². The average molecular weight is 622 g/mol. The highest BCUT2D eigenvalue weighted by Gasteiger charge is 2.40. The van der Waals surface area contributed by atoms with Gasteiger partial charge >= 0.3 is 11.9 Å². The van der Waals surface area contributed by atoms with Crippen LogP contribution in [0, 0.1) is 11.6 Å². The van der Waals surface area contributed by atoms with Crippen LogP contribution < -0.4 is 15.9 Å². The van der Waals surface area contributed by atoms with E-state index in [1.807, 2.05) is 20.8 Å². The zero-order chi connectivity index (χ0) is 31.2. The second-order valence-electron chi connectivity index (χ2n) is 11.0. The summed E-state index contributed by atoms with van der Waals surface area (Å²) in [4.78, 5) is 33.9. The number of thioether (sulfide) groups is 1. The summed E-state index contributed by atoms with van der Waals surface area (Å²) in [5.41, 5.74) is -2.38. The molecule has 2 aliphatic heterocycles. The monoisotopic (exact) mass is 621 g/mol. The predicted octanol–water partition coefficient (Wildman–Crippen LogP) is 5.45. The molecule has 230 valence electrons. The summed E-state index contributed by atoms with van der Waals surface area (Å²) in [6.07, 6.45) is -2.90. The van der Waals surface area contributed by atoms with Crippen molar-refractivity contribution >= 4 is 34.4 Å². The molecule has 5 rings (SSSR count). The maximum atomic E-state index is 15.2. The maximum Gasteiger partial charge on any atom is 0.417 e. The summed E-state index contributed by atoms with van der Waals surface area (Å²) in [5.74, 6) is -1.95. The number of rotatable bonds is 6. The molecule has 3 atom stereocenters. The van der Waals surface area contributed by atoms with Crippen molar-refractivity contribution in [2.45, 2.75) is 62.9 Å². The standard InChI is InChI=1S/C30H32F5N5O2S/c1-5-9-36-19-14-39-26-21(28(37-29(39)42)38-12-16(3)40(17(4)13-38)24(41)6-2)11-22(30(33,34)35)25(27(26)43-15-19)20-8-7-18(31)10-23(20)32/h6-8,10-11,16-17,19,36H,2,5,9,12-15H2,1,3-4H3/t16-,17+,19?. The van der Waals surface area contributed by atoms with Crippen LogP contribution in [-0.4, -0.2) is 63.9 Å². The minimum absolute atomic E-state index is 0.0686. The molecular formula is C30H32F5N5O2S. The molecule has 1 saturated heterocycles. The minimum atomic E-state index is -4.92. The van der Waals surface area contributed by atoms with Gasteiger partial charge in [0.05, 0.1) is 11.1 Å². The first-order valence-corrected chi connectivity index (χ1v) is 15.0. The number of hydrogen-bond donors (Lipinski definition) is 1. The Morgan fingerprint density at radius 1 is 1.16 bits per heavy atom. The number of carbonyl (C=O) groups excluding carboxylic acids is 1. The third kappa shape index (κ3) is 5.76. The normalized spacial score (nSPS) is 20.8. The molecule has 1 aromatic heterocycles. The number of hydrogen-bond acceptors (Lipinski definition) is 6. The van der Waals surface area contributed by atoms with E-state index in [-0.39, 0.29) is 65.3 Å². The van der Waals surface area contributed by atoms with E-state index in [9.17, 15) is 27.2 Å². The topological polar surface area (TPSA) is 70.5 Å². The number of halogens is 5. The summed E-state index contributed by atoms with van der Waals surface area (Å²) in [6, 6.07) is 2.41. The first-order valence-electron chi connectivity index (χ1n) is 14.1. The van der Waals surface area contributed by atoms with Gasteiger partial charge < -0.3 is 15.1 Å². The number of benzene rings is 2.